The van der Waals surface area contributed by atoms with E-state index in [2.05, 4.69) is 0 Å². The van der Waals surface area contributed by atoms with Crippen molar-refractivity contribution in [3.63, 3.8) is 0 Å². The van der Waals surface area contributed by atoms with Crippen molar-refractivity contribution in [1.29, 1.82) is 0 Å². The first-order valence-corrected chi connectivity index (χ1v) is 18.7. The van der Waals surface area contributed by atoms with Gasteiger partial charge in [0.15, 0.2) is 0 Å². The van der Waals surface area contributed by atoms with Crippen molar-refractivity contribution in [3.05, 3.63) is 170 Å². The Morgan fingerprint density at radius 3 is 0.891 bits per heavy atom. The number of nitrogens with zero attached hydrogens (tertiary/aromatic N) is 2. The van der Waals surface area contributed by atoms with Gasteiger partial charge in [-0.25, -0.2) is 0 Å². The third-order valence-corrected chi connectivity index (χ3v) is 18.1. The number of hydrogen-bond acceptors (Lipinski definition) is 8. The summed E-state index contributed by atoms with van der Waals surface area (Å²) in [5.74, 6) is 3.23. The fourth-order valence-electron chi connectivity index (χ4n) is 6.31. The fourth-order valence-corrected chi connectivity index (χ4v) is 18.6. The summed E-state index contributed by atoms with van der Waals surface area (Å²) in [5, 5.41) is 0. The number of benzene rings is 6. The van der Waals surface area contributed by atoms with Crippen LogP contribution in [0, 0.1) is 0 Å². The van der Waals surface area contributed by atoms with Crippen LogP contribution >= 0.6 is 15.2 Å². The molecular weight excluding hydrogens is 618 g/mol. The molecule has 0 N–H and O–H groups in total. The fraction of sp³-hybridized carbons (Fsp3) is 0. The molecule has 0 radical (unpaired) electrons. The van der Waals surface area contributed by atoms with Gasteiger partial charge < -0.3 is 0 Å². The number of para-hydroxylation sites is 8. The average molecular weight is 647 g/mol. The van der Waals surface area contributed by atoms with Crippen LogP contribution in [0.4, 0.5) is 11.4 Å². The average Bonchev–Trinajstić information content (AvgIpc) is 3.51. The SMILES string of the molecule is c1ccc(OP23(Oc4ccccc4)Oc4ccccc4N2P2(Oc4ccccc4)(Oc4ccccc4)Oc4ccccc4N32)cc1. The molecule has 0 aliphatic carbocycles. The van der Waals surface area contributed by atoms with Gasteiger partial charge in [-0.15, -0.1) is 0 Å². The third-order valence-electron chi connectivity index (χ3n) is 7.96. The van der Waals surface area contributed by atoms with Crippen molar-refractivity contribution in [3.8, 4) is 34.5 Å². The van der Waals surface area contributed by atoms with Gasteiger partial charge in [-0.3, -0.25) is 0 Å². The van der Waals surface area contributed by atoms with Crippen LogP contribution in [-0.2, 0) is 0 Å². The summed E-state index contributed by atoms with van der Waals surface area (Å²) in [4.78, 5) is 0. The Hall–Kier alpha value is -5.42. The molecule has 3 aliphatic rings. The third kappa shape index (κ3) is 3.51. The predicted molar refractivity (Wildman–Crippen MR) is 181 cm³/mol. The van der Waals surface area contributed by atoms with Gasteiger partial charge in [-0.2, -0.15) is 0 Å². The van der Waals surface area contributed by atoms with Crippen molar-refractivity contribution in [2.75, 3.05) is 8.88 Å². The second kappa shape index (κ2) is 9.54. The van der Waals surface area contributed by atoms with Crippen molar-refractivity contribution in [2.24, 2.45) is 0 Å². The maximum atomic E-state index is 7.26. The van der Waals surface area contributed by atoms with Crippen molar-refractivity contribution in [2.45, 2.75) is 0 Å². The molecule has 0 bridgehead atoms. The molecule has 6 aromatic rings. The predicted octanol–water partition coefficient (Wildman–Crippen LogP) is 10.4. The first-order valence-electron chi connectivity index (χ1n) is 14.9. The van der Waals surface area contributed by atoms with Gasteiger partial charge >= 0.3 is 267 Å². The monoisotopic (exact) mass is 646 g/mol. The van der Waals surface area contributed by atoms with Crippen LogP contribution in [-0.4, -0.2) is 0 Å². The molecule has 228 valence electrons. The van der Waals surface area contributed by atoms with Gasteiger partial charge in [0, 0.05) is 0 Å². The minimum atomic E-state index is -4.87. The number of rotatable bonds is 8. The van der Waals surface area contributed by atoms with Gasteiger partial charge in [0.2, 0.25) is 0 Å². The van der Waals surface area contributed by atoms with E-state index in [-0.39, 0.29) is 0 Å². The molecule has 1 saturated heterocycles. The minimum absolute atomic E-state index is 0.536. The normalized spacial score (nSPS) is 19.7. The molecule has 0 spiro atoms. The van der Waals surface area contributed by atoms with Crippen LogP contribution in [0.25, 0.3) is 0 Å². The molecular formula is C36H28N2O6P2. The van der Waals surface area contributed by atoms with Crippen molar-refractivity contribution in [1.82, 2.24) is 0 Å². The zero-order valence-electron chi connectivity index (χ0n) is 24.4. The van der Waals surface area contributed by atoms with E-state index in [1.165, 1.54) is 0 Å². The summed E-state index contributed by atoms with van der Waals surface area (Å²) in [6.45, 7) is 0. The van der Waals surface area contributed by atoms with Crippen molar-refractivity contribution >= 4 is 26.5 Å². The molecule has 3 heterocycles. The number of anilines is 2. The molecule has 10 heteroatoms. The van der Waals surface area contributed by atoms with Gasteiger partial charge in [-0.1, -0.05) is 0 Å². The Morgan fingerprint density at radius 1 is 0.326 bits per heavy atom. The molecule has 0 atom stereocenters. The summed E-state index contributed by atoms with van der Waals surface area (Å²) in [6, 6.07) is 53.5. The van der Waals surface area contributed by atoms with Crippen LogP contribution in [0.2, 0.25) is 0 Å². The topological polar surface area (TPSA) is 61.9 Å². The van der Waals surface area contributed by atoms with E-state index in [0.717, 1.165) is 0 Å². The summed E-state index contributed by atoms with van der Waals surface area (Å²) in [6.07, 6.45) is 0. The standard InChI is InChI=1S/C36H28N2O6P2/c1-5-17-29(18-6-1)39-45(40-30-19-7-2-8-20-30)37(33-25-13-15-27-35(33)43-45)46(41-31-21-9-3-10-22-31,42-32-23-11-4-12-24-32)38(45)34-26-14-16-28-36(34)44-46/h1-28H. The molecule has 0 amide bonds. The Morgan fingerprint density at radius 2 is 0.587 bits per heavy atom. The summed E-state index contributed by atoms with van der Waals surface area (Å²) < 4.78 is 47.3. The zero-order chi connectivity index (χ0) is 30.7. The number of fused-ring (bicyclic) bond motifs is 8. The van der Waals surface area contributed by atoms with E-state index in [4.69, 9.17) is 27.1 Å². The second-order valence-electron chi connectivity index (χ2n) is 10.9. The maximum absolute atomic E-state index is 7.26. The molecule has 0 saturated carbocycles. The van der Waals surface area contributed by atoms with Crippen LogP contribution in [0.15, 0.2) is 170 Å². The van der Waals surface area contributed by atoms with Crippen molar-refractivity contribution < 1.29 is 27.1 Å². The zero-order valence-corrected chi connectivity index (χ0v) is 26.2. The Bertz CT molecular complexity index is 1820. The number of hydrogen-bond donors (Lipinski definition) is 0. The first kappa shape index (κ1) is 26.9. The summed E-state index contributed by atoms with van der Waals surface area (Å²) in [7, 11) is -9.73. The van der Waals surface area contributed by atoms with Gasteiger partial charge in [0.25, 0.3) is 0 Å². The molecule has 3 aliphatic heterocycles. The molecule has 6 aromatic carbocycles. The Balaban J connectivity index is 1.41. The van der Waals surface area contributed by atoms with Crippen LogP contribution in [0.1, 0.15) is 0 Å². The van der Waals surface area contributed by atoms with E-state index in [1.807, 2.05) is 179 Å². The van der Waals surface area contributed by atoms with E-state index >= 15 is 0 Å². The molecule has 1 fully saturated rings. The van der Waals surface area contributed by atoms with Gasteiger partial charge in [-0.05, 0) is 0 Å². The molecule has 46 heavy (non-hydrogen) atoms. The van der Waals surface area contributed by atoms with E-state index in [0.29, 0.717) is 45.9 Å². The molecule has 9 rings (SSSR count). The molecule has 0 aromatic heterocycles. The first-order chi connectivity index (χ1) is 22.6. The van der Waals surface area contributed by atoms with Gasteiger partial charge in [0.05, 0.1) is 0 Å². The van der Waals surface area contributed by atoms with Gasteiger partial charge in [0.1, 0.15) is 0 Å². The van der Waals surface area contributed by atoms with Crippen LogP contribution in [0.3, 0.4) is 0 Å². The van der Waals surface area contributed by atoms with Crippen LogP contribution in [0.5, 0.6) is 34.5 Å². The van der Waals surface area contributed by atoms with E-state index in [9.17, 15) is 0 Å². The summed E-state index contributed by atoms with van der Waals surface area (Å²) >= 11 is 0. The Labute approximate surface area is 266 Å². The van der Waals surface area contributed by atoms with E-state index in [1.54, 1.807) is 0 Å². The second-order valence-corrected chi connectivity index (χ2v) is 17.5. The quantitative estimate of drug-likeness (QED) is 0.151. The Kier molecular flexibility index (Phi) is 5.59. The van der Waals surface area contributed by atoms with E-state index < -0.39 is 15.2 Å². The molecule has 8 nitrogen and oxygen atoms in total. The molecule has 0 unspecified atom stereocenters. The summed E-state index contributed by atoms with van der Waals surface area (Å²) in [5.41, 5.74) is 1.31. The van der Waals surface area contributed by atoms with Crippen LogP contribution < -0.4 is 36.0 Å².